The van der Waals surface area contributed by atoms with Gasteiger partial charge in [0, 0.05) is 17.8 Å². The van der Waals surface area contributed by atoms with Crippen LogP contribution in [0.3, 0.4) is 0 Å². The fourth-order valence-electron chi connectivity index (χ4n) is 6.24. The number of hydrogen-bond donors (Lipinski definition) is 2. The lowest BCUT2D eigenvalue weighted by atomic mass is 9.49. The minimum Gasteiger partial charge on any atom is -0.348 e. The molecule has 4 saturated carbocycles. The average molecular weight is 384 g/mol. The molecule has 0 saturated heterocycles. The molecule has 4 fully saturated rings. The molecule has 4 aliphatic carbocycles. The highest BCUT2D eigenvalue weighted by Crippen LogP contribution is 2.60. The summed E-state index contributed by atoms with van der Waals surface area (Å²) in [5.74, 6) is 2.20. The molecule has 1 heterocycles. The van der Waals surface area contributed by atoms with Gasteiger partial charge in [-0.25, -0.2) is 0 Å². The third-order valence-electron chi connectivity index (χ3n) is 7.30. The molecule has 0 aliphatic heterocycles. The summed E-state index contributed by atoms with van der Waals surface area (Å²) >= 11 is 0. The first-order chi connectivity index (χ1) is 13.4. The number of amides is 2. The predicted octanol–water partition coefficient (Wildman–Crippen LogP) is 3.62. The maximum Gasteiger partial charge on any atom is 0.243 e. The fraction of sp³-hybridized carbons (Fsp3) is 0.696. The largest absolute Gasteiger partial charge is 0.348 e. The second-order valence-electron chi connectivity index (χ2n) is 9.91. The Kier molecular flexibility index (Phi) is 5.19. The molecule has 2 atom stereocenters. The summed E-state index contributed by atoms with van der Waals surface area (Å²) in [4.78, 5) is 30.5. The standard InChI is InChI=1S/C23H33N3O2/c1-14(2)20(21(27)25-15(3)19-5-4-6-24-13-19)26-22(28)23-10-16-7-17(11-23)9-18(8-16)12-23/h4-6,13-18,20H,7-12H2,1-3H3,(H,25,27)(H,26,28). The summed E-state index contributed by atoms with van der Waals surface area (Å²) in [6, 6.07) is 3.18. The Morgan fingerprint density at radius 2 is 1.64 bits per heavy atom. The van der Waals surface area contributed by atoms with Crippen molar-refractivity contribution in [3.63, 3.8) is 0 Å². The number of hydrogen-bond acceptors (Lipinski definition) is 3. The van der Waals surface area contributed by atoms with Crippen molar-refractivity contribution in [1.82, 2.24) is 15.6 Å². The number of pyridine rings is 1. The Bertz CT molecular complexity index is 695. The van der Waals surface area contributed by atoms with Gasteiger partial charge in [-0.05, 0) is 80.8 Å². The Balaban J connectivity index is 1.43. The van der Waals surface area contributed by atoms with E-state index in [-0.39, 0.29) is 29.2 Å². The number of rotatable bonds is 6. The summed E-state index contributed by atoms with van der Waals surface area (Å²) < 4.78 is 0. The number of nitrogens with one attached hydrogen (secondary N) is 2. The van der Waals surface area contributed by atoms with E-state index in [1.807, 2.05) is 32.9 Å². The summed E-state index contributed by atoms with van der Waals surface area (Å²) in [7, 11) is 0. The molecule has 2 unspecified atom stereocenters. The lowest BCUT2D eigenvalue weighted by molar-refractivity contribution is -0.149. The summed E-state index contributed by atoms with van der Waals surface area (Å²) in [5.41, 5.74) is 0.739. The molecule has 5 rings (SSSR count). The van der Waals surface area contributed by atoms with E-state index in [0.29, 0.717) is 17.8 Å². The minimum absolute atomic E-state index is 0.0407. The molecule has 1 aromatic rings. The van der Waals surface area contributed by atoms with Crippen LogP contribution >= 0.6 is 0 Å². The van der Waals surface area contributed by atoms with Crippen molar-refractivity contribution in [3.05, 3.63) is 30.1 Å². The highest BCUT2D eigenvalue weighted by molar-refractivity contribution is 5.90. The smallest absolute Gasteiger partial charge is 0.243 e. The van der Waals surface area contributed by atoms with Gasteiger partial charge in [0.1, 0.15) is 6.04 Å². The van der Waals surface area contributed by atoms with Crippen molar-refractivity contribution in [1.29, 1.82) is 0 Å². The zero-order valence-electron chi connectivity index (χ0n) is 17.3. The van der Waals surface area contributed by atoms with Crippen LogP contribution in [-0.4, -0.2) is 22.8 Å². The van der Waals surface area contributed by atoms with Crippen LogP contribution in [0.15, 0.2) is 24.5 Å². The Labute approximate surface area is 168 Å². The molecule has 152 valence electrons. The van der Waals surface area contributed by atoms with E-state index in [4.69, 9.17) is 0 Å². The lowest BCUT2D eigenvalue weighted by Crippen LogP contribution is -2.58. The van der Waals surface area contributed by atoms with E-state index in [2.05, 4.69) is 15.6 Å². The first-order valence-corrected chi connectivity index (χ1v) is 10.9. The van der Waals surface area contributed by atoms with Crippen molar-refractivity contribution in [2.45, 2.75) is 71.4 Å². The average Bonchev–Trinajstić information content (AvgIpc) is 2.65. The van der Waals surface area contributed by atoms with Gasteiger partial charge in [-0.3, -0.25) is 14.6 Å². The molecule has 4 bridgehead atoms. The van der Waals surface area contributed by atoms with Gasteiger partial charge in [0.15, 0.2) is 0 Å². The first kappa shape index (κ1) is 19.4. The Morgan fingerprint density at radius 1 is 1.04 bits per heavy atom. The van der Waals surface area contributed by atoms with Gasteiger partial charge in [-0.2, -0.15) is 0 Å². The molecule has 1 aromatic heterocycles. The molecule has 0 spiro atoms. The van der Waals surface area contributed by atoms with Crippen molar-refractivity contribution < 1.29 is 9.59 Å². The van der Waals surface area contributed by atoms with E-state index < -0.39 is 6.04 Å². The van der Waals surface area contributed by atoms with Crippen molar-refractivity contribution in [2.75, 3.05) is 0 Å². The topological polar surface area (TPSA) is 71.1 Å². The third-order valence-corrected chi connectivity index (χ3v) is 7.30. The van der Waals surface area contributed by atoms with E-state index in [0.717, 1.165) is 24.8 Å². The van der Waals surface area contributed by atoms with Crippen LogP contribution in [0, 0.1) is 29.1 Å². The molecule has 5 nitrogen and oxygen atoms in total. The number of carbonyl (C=O) groups is 2. The number of nitrogens with zero attached hydrogens (tertiary/aromatic N) is 1. The van der Waals surface area contributed by atoms with Crippen LogP contribution in [0.5, 0.6) is 0 Å². The maximum absolute atomic E-state index is 13.4. The van der Waals surface area contributed by atoms with Gasteiger partial charge in [-0.15, -0.1) is 0 Å². The van der Waals surface area contributed by atoms with Crippen molar-refractivity contribution in [2.24, 2.45) is 29.1 Å². The monoisotopic (exact) mass is 383 g/mol. The molecular weight excluding hydrogens is 350 g/mol. The van der Waals surface area contributed by atoms with Crippen LogP contribution in [0.1, 0.15) is 70.9 Å². The van der Waals surface area contributed by atoms with Crippen LogP contribution in [-0.2, 0) is 9.59 Å². The molecule has 4 aliphatic rings. The van der Waals surface area contributed by atoms with Gasteiger partial charge >= 0.3 is 0 Å². The molecule has 28 heavy (non-hydrogen) atoms. The highest BCUT2D eigenvalue weighted by atomic mass is 16.2. The molecule has 0 aromatic carbocycles. The minimum atomic E-state index is -0.500. The van der Waals surface area contributed by atoms with Crippen LogP contribution in [0.25, 0.3) is 0 Å². The zero-order chi connectivity index (χ0) is 19.9. The zero-order valence-corrected chi connectivity index (χ0v) is 17.3. The molecular formula is C23H33N3O2. The second-order valence-corrected chi connectivity index (χ2v) is 9.91. The van der Waals surface area contributed by atoms with E-state index >= 15 is 0 Å². The van der Waals surface area contributed by atoms with Gasteiger partial charge in [0.2, 0.25) is 11.8 Å². The summed E-state index contributed by atoms with van der Waals surface area (Å²) in [6.45, 7) is 5.95. The second kappa shape index (κ2) is 7.49. The van der Waals surface area contributed by atoms with Crippen LogP contribution in [0.4, 0.5) is 0 Å². The van der Waals surface area contributed by atoms with E-state index in [1.54, 1.807) is 12.4 Å². The normalized spacial score (nSPS) is 32.8. The lowest BCUT2D eigenvalue weighted by Gasteiger charge is -2.55. The Morgan fingerprint density at radius 3 is 2.14 bits per heavy atom. The summed E-state index contributed by atoms with van der Waals surface area (Å²) in [6.07, 6.45) is 10.5. The summed E-state index contributed by atoms with van der Waals surface area (Å²) in [5, 5.41) is 6.23. The molecule has 2 amide bonds. The quantitative estimate of drug-likeness (QED) is 0.788. The maximum atomic E-state index is 13.4. The van der Waals surface area contributed by atoms with Gasteiger partial charge in [0.25, 0.3) is 0 Å². The molecule has 2 N–H and O–H groups in total. The van der Waals surface area contributed by atoms with Gasteiger partial charge in [0.05, 0.1) is 6.04 Å². The Hall–Kier alpha value is -1.91. The third kappa shape index (κ3) is 3.68. The van der Waals surface area contributed by atoms with Gasteiger partial charge in [-0.1, -0.05) is 19.9 Å². The van der Waals surface area contributed by atoms with E-state index in [1.165, 1.54) is 19.3 Å². The van der Waals surface area contributed by atoms with Gasteiger partial charge < -0.3 is 10.6 Å². The highest BCUT2D eigenvalue weighted by Gasteiger charge is 2.55. The fourth-order valence-corrected chi connectivity index (χ4v) is 6.24. The molecule has 5 heteroatoms. The number of carbonyl (C=O) groups excluding carboxylic acids is 2. The van der Waals surface area contributed by atoms with Crippen LogP contribution in [0.2, 0.25) is 0 Å². The van der Waals surface area contributed by atoms with Crippen molar-refractivity contribution >= 4 is 11.8 Å². The molecule has 0 radical (unpaired) electrons. The predicted molar refractivity (Wildman–Crippen MR) is 108 cm³/mol. The number of aromatic nitrogens is 1. The van der Waals surface area contributed by atoms with Crippen molar-refractivity contribution in [3.8, 4) is 0 Å². The van der Waals surface area contributed by atoms with Crippen LogP contribution < -0.4 is 10.6 Å². The first-order valence-electron chi connectivity index (χ1n) is 10.9. The SMILES string of the molecule is CC(NC(=O)C(NC(=O)C12CC3CC(CC(C3)C1)C2)C(C)C)c1cccnc1. The van der Waals surface area contributed by atoms with E-state index in [9.17, 15) is 9.59 Å².